The molecule has 0 rings (SSSR count). The number of rotatable bonds is 3. The van der Waals surface area contributed by atoms with Crippen LogP contribution in [-0.4, -0.2) is 0 Å². The summed E-state index contributed by atoms with van der Waals surface area (Å²) in [5.74, 6) is 0.706. The fourth-order valence-corrected chi connectivity index (χ4v) is 1.69. The highest BCUT2D eigenvalue weighted by Gasteiger charge is 2.13. The Bertz CT molecular complexity index is 173. The molecule has 0 aliphatic rings. The predicted molar refractivity (Wildman–Crippen MR) is 66.4 cm³/mol. The Labute approximate surface area is 90.8 Å². The molecule has 0 radical (unpaired) electrons. The Balaban J connectivity index is 3.89. The molecule has 1 unspecified atom stereocenters. The first-order valence-corrected chi connectivity index (χ1v) is 5.77. The van der Waals surface area contributed by atoms with Gasteiger partial charge in [0.15, 0.2) is 0 Å². The molecule has 0 heteroatoms. The Morgan fingerprint density at radius 3 is 1.79 bits per heavy atom. The zero-order valence-corrected chi connectivity index (χ0v) is 11.1. The highest BCUT2D eigenvalue weighted by atomic mass is 14.2. The molecule has 0 saturated heterocycles. The Morgan fingerprint density at radius 1 is 0.929 bits per heavy atom. The first-order valence-electron chi connectivity index (χ1n) is 5.77. The lowest BCUT2D eigenvalue weighted by atomic mass is 9.84. The highest BCUT2D eigenvalue weighted by molar-refractivity contribution is 4.90. The van der Waals surface area contributed by atoms with Crippen molar-refractivity contribution in [2.24, 2.45) is 16.7 Å². The molecule has 14 heavy (non-hydrogen) atoms. The van der Waals surface area contributed by atoms with Gasteiger partial charge in [0.1, 0.15) is 0 Å². The second kappa shape index (κ2) is 5.00. The third kappa shape index (κ3) is 9.83. The highest BCUT2D eigenvalue weighted by Crippen LogP contribution is 2.25. The molecule has 0 amide bonds. The van der Waals surface area contributed by atoms with Crippen LogP contribution in [0.3, 0.4) is 0 Å². The fourth-order valence-electron chi connectivity index (χ4n) is 1.69. The van der Waals surface area contributed by atoms with Crippen LogP contribution in [0.4, 0.5) is 0 Å². The molecule has 1 atom stereocenters. The SMILES string of the molecule is CC(/C=C\CC(C)(C)C)CC(C)(C)C. The summed E-state index contributed by atoms with van der Waals surface area (Å²) in [5, 5.41) is 0. The second-order valence-electron chi connectivity index (χ2n) is 6.94. The van der Waals surface area contributed by atoms with Crippen molar-refractivity contribution in [1.82, 2.24) is 0 Å². The minimum Gasteiger partial charge on any atom is -0.0877 e. The van der Waals surface area contributed by atoms with Gasteiger partial charge in [0.2, 0.25) is 0 Å². The van der Waals surface area contributed by atoms with Gasteiger partial charge in [-0.25, -0.2) is 0 Å². The Morgan fingerprint density at radius 2 is 1.43 bits per heavy atom. The lowest BCUT2D eigenvalue weighted by Crippen LogP contribution is -2.09. The van der Waals surface area contributed by atoms with Gasteiger partial charge in [-0.15, -0.1) is 0 Å². The van der Waals surface area contributed by atoms with Gasteiger partial charge in [-0.3, -0.25) is 0 Å². The van der Waals surface area contributed by atoms with E-state index < -0.39 is 0 Å². The van der Waals surface area contributed by atoms with Gasteiger partial charge in [0.05, 0.1) is 0 Å². The van der Waals surface area contributed by atoms with Crippen molar-refractivity contribution in [2.75, 3.05) is 0 Å². The largest absolute Gasteiger partial charge is 0.0877 e. The molecule has 84 valence electrons. The van der Waals surface area contributed by atoms with Gasteiger partial charge in [-0.1, -0.05) is 60.6 Å². The van der Waals surface area contributed by atoms with E-state index in [0.29, 0.717) is 16.7 Å². The van der Waals surface area contributed by atoms with Crippen LogP contribution in [0.25, 0.3) is 0 Å². The molecule has 0 nitrogen and oxygen atoms in total. The van der Waals surface area contributed by atoms with Crippen molar-refractivity contribution in [3.8, 4) is 0 Å². The van der Waals surface area contributed by atoms with E-state index in [1.165, 1.54) is 12.8 Å². The van der Waals surface area contributed by atoms with Crippen molar-refractivity contribution in [2.45, 2.75) is 61.3 Å². The molecule has 0 bridgehead atoms. The maximum atomic E-state index is 2.37. The molecule has 0 aromatic carbocycles. The molecular formula is C14H28. The van der Waals surface area contributed by atoms with Crippen molar-refractivity contribution in [3.63, 3.8) is 0 Å². The fraction of sp³-hybridized carbons (Fsp3) is 0.857. The Kier molecular flexibility index (Phi) is 4.91. The summed E-state index contributed by atoms with van der Waals surface area (Å²) < 4.78 is 0. The maximum Gasteiger partial charge on any atom is -0.0257 e. The summed E-state index contributed by atoms with van der Waals surface area (Å²) in [4.78, 5) is 0. The van der Waals surface area contributed by atoms with E-state index in [2.05, 4.69) is 60.6 Å². The molecule has 0 aliphatic carbocycles. The van der Waals surface area contributed by atoms with Crippen LogP contribution in [0, 0.1) is 16.7 Å². The van der Waals surface area contributed by atoms with Crippen LogP contribution >= 0.6 is 0 Å². The van der Waals surface area contributed by atoms with E-state index in [9.17, 15) is 0 Å². The van der Waals surface area contributed by atoms with Gasteiger partial charge in [0, 0.05) is 0 Å². The van der Waals surface area contributed by atoms with Crippen molar-refractivity contribution < 1.29 is 0 Å². The smallest absolute Gasteiger partial charge is 0.0257 e. The average molecular weight is 196 g/mol. The van der Waals surface area contributed by atoms with E-state index >= 15 is 0 Å². The number of hydrogen-bond acceptors (Lipinski definition) is 0. The van der Waals surface area contributed by atoms with Gasteiger partial charge in [-0.05, 0) is 29.6 Å². The quantitative estimate of drug-likeness (QED) is 0.554. The third-order valence-electron chi connectivity index (χ3n) is 2.13. The van der Waals surface area contributed by atoms with Crippen LogP contribution in [0.15, 0.2) is 12.2 Å². The molecule has 0 fully saturated rings. The maximum absolute atomic E-state index is 2.37. The second-order valence-corrected chi connectivity index (χ2v) is 6.94. The van der Waals surface area contributed by atoms with Crippen molar-refractivity contribution in [3.05, 3.63) is 12.2 Å². The lowest BCUT2D eigenvalue weighted by molar-refractivity contribution is 0.336. The van der Waals surface area contributed by atoms with Gasteiger partial charge < -0.3 is 0 Å². The van der Waals surface area contributed by atoms with Gasteiger partial charge >= 0.3 is 0 Å². The average Bonchev–Trinajstić information content (AvgIpc) is 1.78. The molecular weight excluding hydrogens is 168 g/mol. The summed E-state index contributed by atoms with van der Waals surface area (Å²) in [6.45, 7) is 16.1. The number of hydrogen-bond donors (Lipinski definition) is 0. The first-order chi connectivity index (χ1) is 6.10. The first kappa shape index (κ1) is 13.7. The van der Waals surface area contributed by atoms with Gasteiger partial charge in [-0.2, -0.15) is 0 Å². The zero-order valence-electron chi connectivity index (χ0n) is 11.1. The van der Waals surface area contributed by atoms with Crippen LogP contribution in [0.5, 0.6) is 0 Å². The molecule has 0 heterocycles. The summed E-state index contributed by atoms with van der Waals surface area (Å²) in [5.41, 5.74) is 0.878. The molecule has 0 aromatic rings. The van der Waals surface area contributed by atoms with Crippen LogP contribution < -0.4 is 0 Å². The summed E-state index contributed by atoms with van der Waals surface area (Å²) in [6, 6.07) is 0. The molecule has 0 aliphatic heterocycles. The number of allylic oxidation sites excluding steroid dienone is 2. The standard InChI is InChI=1S/C14H28/c1-12(11-14(5,6)7)9-8-10-13(2,3)4/h8-9,12H,10-11H2,1-7H3/b9-8-. The van der Waals surface area contributed by atoms with Crippen molar-refractivity contribution in [1.29, 1.82) is 0 Å². The summed E-state index contributed by atoms with van der Waals surface area (Å²) in [6.07, 6.45) is 7.17. The zero-order chi connectivity index (χ0) is 11.4. The molecule has 0 N–H and O–H groups in total. The monoisotopic (exact) mass is 196 g/mol. The van der Waals surface area contributed by atoms with E-state index in [4.69, 9.17) is 0 Å². The van der Waals surface area contributed by atoms with Crippen LogP contribution in [0.2, 0.25) is 0 Å². The minimum absolute atomic E-state index is 0.429. The minimum atomic E-state index is 0.429. The van der Waals surface area contributed by atoms with E-state index in [-0.39, 0.29) is 0 Å². The van der Waals surface area contributed by atoms with Crippen molar-refractivity contribution >= 4 is 0 Å². The Hall–Kier alpha value is -0.260. The molecule has 0 spiro atoms. The van der Waals surface area contributed by atoms with E-state index in [1.807, 2.05) is 0 Å². The molecule has 0 saturated carbocycles. The van der Waals surface area contributed by atoms with Gasteiger partial charge in [0.25, 0.3) is 0 Å². The summed E-state index contributed by atoms with van der Waals surface area (Å²) in [7, 11) is 0. The van der Waals surface area contributed by atoms with Crippen LogP contribution in [0.1, 0.15) is 61.3 Å². The lowest BCUT2D eigenvalue weighted by Gasteiger charge is -2.21. The normalized spacial score (nSPS) is 16.2. The van der Waals surface area contributed by atoms with E-state index in [0.717, 1.165) is 0 Å². The van der Waals surface area contributed by atoms with Crippen LogP contribution in [-0.2, 0) is 0 Å². The topological polar surface area (TPSA) is 0 Å². The third-order valence-corrected chi connectivity index (χ3v) is 2.13. The molecule has 0 aromatic heterocycles. The summed E-state index contributed by atoms with van der Waals surface area (Å²) >= 11 is 0. The van der Waals surface area contributed by atoms with E-state index in [1.54, 1.807) is 0 Å². The predicted octanol–water partition coefficient (Wildman–Crippen LogP) is 5.05.